The summed E-state index contributed by atoms with van der Waals surface area (Å²) in [6, 6.07) is 13.1. The molecular weight excluding hydrogens is 355 g/mol. The lowest BCUT2D eigenvalue weighted by Crippen LogP contribution is -2.36. The fourth-order valence-corrected chi connectivity index (χ4v) is 3.27. The van der Waals surface area contributed by atoms with Crippen LogP contribution in [0.4, 0.5) is 14.9 Å². The molecule has 1 aliphatic rings. The van der Waals surface area contributed by atoms with Crippen molar-refractivity contribution in [2.45, 2.75) is 6.92 Å². The van der Waals surface area contributed by atoms with Crippen LogP contribution in [-0.2, 0) is 9.59 Å². The molecule has 3 rings (SSSR count). The zero-order valence-corrected chi connectivity index (χ0v) is 14.7. The zero-order valence-electron chi connectivity index (χ0n) is 13.9. The van der Waals surface area contributed by atoms with Gasteiger partial charge in [0.05, 0.1) is 4.91 Å². The highest BCUT2D eigenvalue weighted by Crippen LogP contribution is 2.32. The normalized spacial score (nSPS) is 15.6. The van der Waals surface area contributed by atoms with Crippen molar-refractivity contribution in [2.24, 2.45) is 0 Å². The largest absolute Gasteiger partial charge is 0.325 e. The maximum Gasteiger partial charge on any atom is 0.294 e. The van der Waals surface area contributed by atoms with Crippen molar-refractivity contribution in [1.29, 1.82) is 0 Å². The molecule has 3 amide bonds. The van der Waals surface area contributed by atoms with Crippen LogP contribution in [0.2, 0.25) is 0 Å². The second-order valence-electron chi connectivity index (χ2n) is 5.71. The number of carbonyl (C=O) groups is 3. The van der Waals surface area contributed by atoms with E-state index < -0.39 is 29.4 Å². The summed E-state index contributed by atoms with van der Waals surface area (Å²) in [6.45, 7) is 1.49. The molecule has 2 aromatic rings. The van der Waals surface area contributed by atoms with E-state index in [9.17, 15) is 18.8 Å². The van der Waals surface area contributed by atoms with E-state index in [4.69, 9.17) is 0 Å². The van der Waals surface area contributed by atoms with Crippen molar-refractivity contribution < 1.29 is 18.8 Å². The van der Waals surface area contributed by atoms with Crippen LogP contribution in [0, 0.1) is 12.7 Å². The van der Waals surface area contributed by atoms with E-state index in [0.717, 1.165) is 10.5 Å². The number of imide groups is 1. The molecule has 5 nitrogen and oxygen atoms in total. The third-order valence-electron chi connectivity index (χ3n) is 3.67. The quantitative estimate of drug-likeness (QED) is 0.831. The number of amides is 3. The first-order valence-corrected chi connectivity index (χ1v) is 8.62. The van der Waals surface area contributed by atoms with E-state index >= 15 is 0 Å². The third-order valence-corrected chi connectivity index (χ3v) is 4.58. The van der Waals surface area contributed by atoms with Crippen molar-refractivity contribution in [1.82, 2.24) is 4.90 Å². The molecule has 0 radical (unpaired) electrons. The summed E-state index contributed by atoms with van der Waals surface area (Å²) in [7, 11) is 0. The van der Waals surface area contributed by atoms with Gasteiger partial charge >= 0.3 is 0 Å². The van der Waals surface area contributed by atoms with Crippen molar-refractivity contribution >= 4 is 40.6 Å². The molecule has 0 atom stereocenters. The number of carbonyl (C=O) groups excluding carboxylic acids is 3. The van der Waals surface area contributed by atoms with Gasteiger partial charge < -0.3 is 5.32 Å². The first-order valence-electron chi connectivity index (χ1n) is 7.80. The summed E-state index contributed by atoms with van der Waals surface area (Å²) in [5.41, 5.74) is 1.77. The lowest BCUT2D eigenvalue weighted by Gasteiger charge is -2.12. The number of nitrogens with zero attached hydrogens (tertiary/aromatic N) is 1. The molecule has 1 saturated heterocycles. The number of benzene rings is 2. The highest BCUT2D eigenvalue weighted by Gasteiger charge is 2.36. The third kappa shape index (κ3) is 4.00. The average molecular weight is 370 g/mol. The van der Waals surface area contributed by atoms with Crippen molar-refractivity contribution in [3.63, 3.8) is 0 Å². The van der Waals surface area contributed by atoms with Gasteiger partial charge in [-0.25, -0.2) is 4.39 Å². The molecule has 26 heavy (non-hydrogen) atoms. The highest BCUT2D eigenvalue weighted by atomic mass is 32.2. The Morgan fingerprint density at radius 2 is 1.96 bits per heavy atom. The van der Waals surface area contributed by atoms with Gasteiger partial charge in [-0.1, -0.05) is 30.3 Å². The van der Waals surface area contributed by atoms with Crippen LogP contribution in [0.3, 0.4) is 0 Å². The van der Waals surface area contributed by atoms with Crippen molar-refractivity contribution in [3.8, 4) is 0 Å². The van der Waals surface area contributed by atoms with Crippen molar-refractivity contribution in [3.05, 3.63) is 70.4 Å². The Hall–Kier alpha value is -2.93. The lowest BCUT2D eigenvalue weighted by atomic mass is 10.2. The Kier molecular flexibility index (Phi) is 5.18. The van der Waals surface area contributed by atoms with Crippen LogP contribution in [0.25, 0.3) is 6.08 Å². The molecule has 0 aromatic heterocycles. The van der Waals surface area contributed by atoms with Crippen LogP contribution in [-0.4, -0.2) is 28.5 Å². The van der Waals surface area contributed by atoms with Gasteiger partial charge in [0.2, 0.25) is 5.91 Å². The fourth-order valence-electron chi connectivity index (χ4n) is 2.44. The van der Waals surface area contributed by atoms with Gasteiger partial charge in [0, 0.05) is 11.3 Å². The van der Waals surface area contributed by atoms with Crippen LogP contribution < -0.4 is 5.32 Å². The molecule has 1 N–H and O–H groups in total. The number of aryl methyl sites for hydroxylation is 1. The molecule has 1 aliphatic heterocycles. The molecule has 1 fully saturated rings. The minimum atomic E-state index is -0.609. The van der Waals surface area contributed by atoms with Gasteiger partial charge in [0.25, 0.3) is 11.1 Å². The average Bonchev–Trinajstić information content (AvgIpc) is 2.84. The number of hydrogen-bond donors (Lipinski definition) is 1. The second kappa shape index (κ2) is 7.53. The molecule has 0 spiro atoms. The topological polar surface area (TPSA) is 66.5 Å². The maximum absolute atomic E-state index is 13.7. The van der Waals surface area contributed by atoms with Crippen LogP contribution in [0.1, 0.15) is 11.1 Å². The molecular formula is C19H15FN2O3S. The molecule has 1 heterocycles. The number of anilines is 1. The smallest absolute Gasteiger partial charge is 0.294 e. The summed E-state index contributed by atoms with van der Waals surface area (Å²) in [6.07, 6.45) is 1.32. The SMILES string of the molecule is Cc1cccc(NC(=O)CN2C(=O)S/C(=C\c3ccccc3F)C2=O)c1. The van der Waals surface area contributed by atoms with E-state index in [1.807, 2.05) is 13.0 Å². The van der Waals surface area contributed by atoms with Crippen molar-refractivity contribution in [2.75, 3.05) is 11.9 Å². The van der Waals surface area contributed by atoms with Crippen LogP contribution >= 0.6 is 11.8 Å². The number of rotatable bonds is 4. The second-order valence-corrected chi connectivity index (χ2v) is 6.70. The number of thioether (sulfide) groups is 1. The molecule has 0 saturated carbocycles. The highest BCUT2D eigenvalue weighted by molar-refractivity contribution is 8.18. The number of hydrogen-bond acceptors (Lipinski definition) is 4. The Labute approximate surface area is 153 Å². The molecule has 0 unspecified atom stereocenters. The van der Waals surface area contributed by atoms with E-state index in [-0.39, 0.29) is 10.5 Å². The van der Waals surface area contributed by atoms with E-state index in [1.165, 1.54) is 24.3 Å². The summed E-state index contributed by atoms with van der Waals surface area (Å²) >= 11 is 0.688. The zero-order chi connectivity index (χ0) is 18.7. The minimum absolute atomic E-state index is 0.0865. The Morgan fingerprint density at radius 3 is 2.69 bits per heavy atom. The molecule has 7 heteroatoms. The van der Waals surface area contributed by atoms with Crippen LogP contribution in [0.5, 0.6) is 0 Å². The van der Waals surface area contributed by atoms with Gasteiger partial charge in [-0.05, 0) is 48.5 Å². The summed E-state index contributed by atoms with van der Waals surface area (Å²) in [4.78, 5) is 37.5. The molecule has 0 bridgehead atoms. The summed E-state index contributed by atoms with van der Waals surface area (Å²) in [5, 5.41) is 2.09. The minimum Gasteiger partial charge on any atom is -0.325 e. The van der Waals surface area contributed by atoms with E-state index in [2.05, 4.69) is 5.32 Å². The molecule has 0 aliphatic carbocycles. The fraction of sp³-hybridized carbons (Fsp3) is 0.105. The molecule has 2 aromatic carbocycles. The van der Waals surface area contributed by atoms with E-state index in [1.54, 1.807) is 24.3 Å². The van der Waals surface area contributed by atoms with Crippen LogP contribution in [0.15, 0.2) is 53.4 Å². The first kappa shape index (κ1) is 17.9. The summed E-state index contributed by atoms with van der Waals surface area (Å²) < 4.78 is 13.7. The molecule has 132 valence electrons. The van der Waals surface area contributed by atoms with Gasteiger partial charge in [-0.2, -0.15) is 0 Å². The van der Waals surface area contributed by atoms with Gasteiger partial charge in [-0.15, -0.1) is 0 Å². The van der Waals surface area contributed by atoms with Gasteiger partial charge in [0.15, 0.2) is 0 Å². The Morgan fingerprint density at radius 1 is 1.19 bits per heavy atom. The van der Waals surface area contributed by atoms with Gasteiger partial charge in [0.1, 0.15) is 12.4 Å². The first-order chi connectivity index (χ1) is 12.4. The lowest BCUT2D eigenvalue weighted by molar-refractivity contribution is -0.127. The number of halogens is 1. The monoisotopic (exact) mass is 370 g/mol. The number of nitrogens with one attached hydrogen (secondary N) is 1. The maximum atomic E-state index is 13.7. The van der Waals surface area contributed by atoms with E-state index in [0.29, 0.717) is 17.4 Å². The Bertz CT molecular complexity index is 927. The van der Waals surface area contributed by atoms with Gasteiger partial charge in [-0.3, -0.25) is 19.3 Å². The summed E-state index contributed by atoms with van der Waals surface area (Å²) in [5.74, 6) is -1.58. The predicted octanol–water partition coefficient (Wildman–Crippen LogP) is 3.81. The predicted molar refractivity (Wildman–Crippen MR) is 98.9 cm³/mol. The Balaban J connectivity index is 1.71. The standard InChI is InChI=1S/C19H15FN2O3S/c1-12-5-4-7-14(9-12)21-17(23)11-22-18(24)16(26-19(22)25)10-13-6-2-3-8-15(13)20/h2-10H,11H2,1H3,(H,21,23)/b16-10-.